The summed E-state index contributed by atoms with van der Waals surface area (Å²) in [5.74, 6) is 0.757. The molecule has 0 aliphatic heterocycles. The van der Waals surface area contributed by atoms with E-state index in [1.54, 1.807) is 61.8 Å². The van der Waals surface area contributed by atoms with Crippen LogP contribution in [0.2, 0.25) is 0 Å². The molecule has 0 atom stereocenters. The normalized spacial score (nSPS) is 9.89. The van der Waals surface area contributed by atoms with Gasteiger partial charge in [0.05, 0.1) is 37.7 Å². The molecule has 2 N–H and O–H groups in total. The van der Waals surface area contributed by atoms with Crippen molar-refractivity contribution >= 4 is 23.0 Å². The number of nitrogens with zero attached hydrogens (tertiary/aromatic N) is 2. The van der Waals surface area contributed by atoms with Gasteiger partial charge in [-0.3, -0.25) is 4.79 Å². The molecule has 0 fully saturated rings. The van der Waals surface area contributed by atoms with E-state index in [2.05, 4.69) is 21.7 Å². The molecule has 7 nitrogen and oxygen atoms in total. The third-order valence-electron chi connectivity index (χ3n) is 3.92. The molecule has 1 amide bonds. The highest BCUT2D eigenvalue weighted by atomic mass is 16.5. The third kappa shape index (κ3) is 4.37. The highest BCUT2D eigenvalue weighted by molar-refractivity contribution is 6.03. The zero-order chi connectivity index (χ0) is 19.9. The molecule has 28 heavy (non-hydrogen) atoms. The molecular weight excluding hydrogens is 356 g/mol. The van der Waals surface area contributed by atoms with E-state index in [0.717, 1.165) is 5.69 Å². The van der Waals surface area contributed by atoms with Gasteiger partial charge in [-0.2, -0.15) is 5.26 Å². The van der Waals surface area contributed by atoms with Gasteiger partial charge >= 0.3 is 0 Å². The first-order valence-corrected chi connectivity index (χ1v) is 8.39. The van der Waals surface area contributed by atoms with Crippen LogP contribution in [0.25, 0.3) is 0 Å². The molecular formula is C21H18N4O3. The van der Waals surface area contributed by atoms with E-state index >= 15 is 0 Å². The molecule has 0 saturated heterocycles. The first kappa shape index (κ1) is 18.7. The predicted octanol–water partition coefficient (Wildman–Crippen LogP) is 3.97. The maximum absolute atomic E-state index is 12.4. The smallest absolute Gasteiger partial charge is 0.274 e. The fourth-order valence-corrected chi connectivity index (χ4v) is 2.54. The zero-order valence-electron chi connectivity index (χ0n) is 15.4. The quantitative estimate of drug-likeness (QED) is 0.678. The number of nitrogens with one attached hydrogen (secondary N) is 2. The summed E-state index contributed by atoms with van der Waals surface area (Å²) in [5.41, 5.74) is 2.87. The number of pyridine rings is 1. The third-order valence-corrected chi connectivity index (χ3v) is 3.92. The average Bonchev–Trinajstić information content (AvgIpc) is 2.74. The van der Waals surface area contributed by atoms with Gasteiger partial charge in [0, 0.05) is 17.4 Å². The summed E-state index contributed by atoms with van der Waals surface area (Å²) in [6, 6.07) is 17.7. The van der Waals surface area contributed by atoms with Gasteiger partial charge in [0.15, 0.2) is 11.5 Å². The van der Waals surface area contributed by atoms with Crippen molar-refractivity contribution in [2.24, 2.45) is 0 Å². The Morgan fingerprint density at radius 2 is 1.75 bits per heavy atom. The maximum atomic E-state index is 12.4. The van der Waals surface area contributed by atoms with E-state index in [0.29, 0.717) is 28.4 Å². The number of benzene rings is 2. The molecule has 0 spiro atoms. The van der Waals surface area contributed by atoms with Gasteiger partial charge in [-0.25, -0.2) is 4.98 Å². The van der Waals surface area contributed by atoms with Gasteiger partial charge in [0.2, 0.25) is 0 Å². The largest absolute Gasteiger partial charge is 0.493 e. The number of ether oxygens (including phenoxy) is 2. The summed E-state index contributed by atoms with van der Waals surface area (Å²) in [5, 5.41) is 14.9. The number of aromatic nitrogens is 1. The van der Waals surface area contributed by atoms with E-state index in [9.17, 15) is 4.79 Å². The number of anilines is 3. The van der Waals surface area contributed by atoms with Gasteiger partial charge in [0.1, 0.15) is 5.69 Å². The Balaban J connectivity index is 1.69. The van der Waals surface area contributed by atoms with E-state index in [1.165, 1.54) is 7.11 Å². The van der Waals surface area contributed by atoms with Crippen molar-refractivity contribution in [3.63, 3.8) is 0 Å². The topological polar surface area (TPSA) is 96.3 Å². The van der Waals surface area contributed by atoms with Gasteiger partial charge in [-0.15, -0.1) is 0 Å². The molecule has 0 unspecified atom stereocenters. The summed E-state index contributed by atoms with van der Waals surface area (Å²) in [7, 11) is 3.08. The molecule has 0 radical (unpaired) electrons. The van der Waals surface area contributed by atoms with Crippen molar-refractivity contribution in [3.05, 3.63) is 72.1 Å². The molecule has 1 aromatic heterocycles. The van der Waals surface area contributed by atoms with Crippen LogP contribution in [-0.4, -0.2) is 25.1 Å². The lowest BCUT2D eigenvalue weighted by Crippen LogP contribution is -2.13. The number of nitriles is 1. The summed E-state index contributed by atoms with van der Waals surface area (Å²) in [6.45, 7) is 0. The van der Waals surface area contributed by atoms with Crippen LogP contribution in [0.1, 0.15) is 16.1 Å². The van der Waals surface area contributed by atoms with Crippen molar-refractivity contribution in [1.82, 2.24) is 4.98 Å². The first-order chi connectivity index (χ1) is 13.6. The first-order valence-electron chi connectivity index (χ1n) is 8.39. The fraction of sp³-hybridized carbons (Fsp3) is 0.0952. The number of carbonyl (C=O) groups excluding carboxylic acids is 1. The Labute approximate surface area is 162 Å². The maximum Gasteiger partial charge on any atom is 0.274 e. The van der Waals surface area contributed by atoms with Crippen LogP contribution >= 0.6 is 0 Å². The molecule has 0 saturated carbocycles. The minimum atomic E-state index is -0.342. The Hall–Kier alpha value is -4.05. The molecule has 140 valence electrons. The number of rotatable bonds is 6. The van der Waals surface area contributed by atoms with E-state index in [4.69, 9.17) is 14.7 Å². The van der Waals surface area contributed by atoms with Crippen LogP contribution in [-0.2, 0) is 0 Å². The Morgan fingerprint density at radius 3 is 2.43 bits per heavy atom. The highest BCUT2D eigenvalue weighted by Crippen LogP contribution is 2.29. The molecule has 2 aromatic carbocycles. The second kappa shape index (κ2) is 8.56. The van der Waals surface area contributed by atoms with Crippen LogP contribution in [0.4, 0.5) is 17.1 Å². The summed E-state index contributed by atoms with van der Waals surface area (Å²) >= 11 is 0. The van der Waals surface area contributed by atoms with Gasteiger partial charge < -0.3 is 20.1 Å². The fourth-order valence-electron chi connectivity index (χ4n) is 2.54. The minimum Gasteiger partial charge on any atom is -0.493 e. The Kier molecular flexibility index (Phi) is 5.72. The van der Waals surface area contributed by atoms with Gasteiger partial charge in [-0.05, 0) is 42.5 Å². The standard InChI is InChI=1S/C21H18N4O3/c1-27-19-9-7-16(11-20(19)28-2)25-21(26)18-8-6-17(13-23-18)24-15-5-3-4-14(10-15)12-22/h3-11,13,24H,1-2H3,(H,25,26). The van der Waals surface area contributed by atoms with Crippen molar-refractivity contribution in [1.29, 1.82) is 5.26 Å². The summed E-state index contributed by atoms with van der Waals surface area (Å²) in [6.07, 6.45) is 1.56. The summed E-state index contributed by atoms with van der Waals surface area (Å²) < 4.78 is 10.4. The number of methoxy groups -OCH3 is 2. The Morgan fingerprint density at radius 1 is 0.964 bits per heavy atom. The number of hydrogen-bond acceptors (Lipinski definition) is 6. The van der Waals surface area contributed by atoms with Crippen LogP contribution in [0.5, 0.6) is 11.5 Å². The number of amides is 1. The van der Waals surface area contributed by atoms with Gasteiger partial charge in [0.25, 0.3) is 5.91 Å². The van der Waals surface area contributed by atoms with Gasteiger partial charge in [-0.1, -0.05) is 6.07 Å². The lowest BCUT2D eigenvalue weighted by atomic mass is 10.2. The van der Waals surface area contributed by atoms with Crippen LogP contribution < -0.4 is 20.1 Å². The molecule has 0 aliphatic rings. The van der Waals surface area contributed by atoms with Crippen molar-refractivity contribution in [2.75, 3.05) is 24.9 Å². The second-order valence-electron chi connectivity index (χ2n) is 5.77. The molecule has 1 heterocycles. The number of hydrogen-bond donors (Lipinski definition) is 2. The van der Waals surface area contributed by atoms with Crippen molar-refractivity contribution in [2.45, 2.75) is 0 Å². The molecule has 0 aliphatic carbocycles. The van der Waals surface area contributed by atoms with Crippen LogP contribution in [0, 0.1) is 11.3 Å². The van der Waals surface area contributed by atoms with Crippen LogP contribution in [0.3, 0.4) is 0 Å². The van der Waals surface area contributed by atoms with E-state index < -0.39 is 0 Å². The molecule has 3 rings (SSSR count). The van der Waals surface area contributed by atoms with E-state index in [1.807, 2.05) is 6.07 Å². The monoisotopic (exact) mass is 374 g/mol. The molecule has 3 aromatic rings. The lowest BCUT2D eigenvalue weighted by Gasteiger charge is -2.11. The SMILES string of the molecule is COc1ccc(NC(=O)c2ccc(Nc3cccc(C#N)c3)cn2)cc1OC. The lowest BCUT2D eigenvalue weighted by molar-refractivity contribution is 0.102. The average molecular weight is 374 g/mol. The van der Waals surface area contributed by atoms with Crippen LogP contribution in [0.15, 0.2) is 60.8 Å². The minimum absolute atomic E-state index is 0.270. The molecule has 7 heteroatoms. The predicted molar refractivity (Wildman–Crippen MR) is 106 cm³/mol. The zero-order valence-corrected chi connectivity index (χ0v) is 15.4. The highest BCUT2D eigenvalue weighted by Gasteiger charge is 2.10. The van der Waals surface area contributed by atoms with Crippen molar-refractivity contribution < 1.29 is 14.3 Å². The van der Waals surface area contributed by atoms with E-state index in [-0.39, 0.29) is 11.6 Å². The summed E-state index contributed by atoms with van der Waals surface area (Å²) in [4.78, 5) is 16.6. The van der Waals surface area contributed by atoms with Crippen molar-refractivity contribution in [3.8, 4) is 17.6 Å². The Bertz CT molecular complexity index is 1030. The number of carbonyl (C=O) groups is 1. The molecule has 0 bridgehead atoms. The second-order valence-corrected chi connectivity index (χ2v) is 5.77.